The summed E-state index contributed by atoms with van der Waals surface area (Å²) in [6.45, 7) is 7.10. The number of carbonyl (C=O) groups is 5. The maximum atomic E-state index is 13.7. The molecule has 10 rings (SSSR count). The van der Waals surface area contributed by atoms with Crippen LogP contribution < -0.4 is 20.4 Å². The summed E-state index contributed by atoms with van der Waals surface area (Å²) in [5.74, 6) is 2.03. The Bertz CT molecular complexity index is 2960. The maximum Gasteiger partial charge on any atom is 0.258 e. The van der Waals surface area contributed by atoms with Crippen LogP contribution in [0.4, 0.5) is 34.4 Å². The molecule has 16 nitrogen and oxygen atoms in total. The van der Waals surface area contributed by atoms with Crippen LogP contribution in [-0.2, 0) is 54.4 Å². The molecule has 6 aromatic rings. The molecule has 0 spiro atoms. The van der Waals surface area contributed by atoms with Crippen LogP contribution in [0, 0.1) is 13.8 Å². The van der Waals surface area contributed by atoms with Gasteiger partial charge in [-0.3, -0.25) is 33.3 Å². The number of aliphatic hydroxyl groups excluding tert-OH is 1. The lowest BCUT2D eigenvalue weighted by Crippen LogP contribution is -2.40. The fourth-order valence-electron chi connectivity index (χ4n) is 9.73. The van der Waals surface area contributed by atoms with E-state index in [1.165, 1.54) is 0 Å². The number of aromatic nitrogens is 4. The predicted molar refractivity (Wildman–Crippen MR) is 269 cm³/mol. The molecule has 0 unspecified atom stereocenters. The normalized spacial score (nSPS) is 15.5. The van der Waals surface area contributed by atoms with Gasteiger partial charge in [-0.15, -0.1) is 0 Å². The zero-order chi connectivity index (χ0) is 49.1. The van der Waals surface area contributed by atoms with Crippen molar-refractivity contribution in [1.82, 2.24) is 29.4 Å². The van der Waals surface area contributed by atoms with Crippen molar-refractivity contribution >= 4 is 63.8 Å². The first-order chi connectivity index (χ1) is 33.8. The third-order valence-electron chi connectivity index (χ3n) is 14.0. The van der Waals surface area contributed by atoms with Gasteiger partial charge in [0.2, 0.25) is 11.8 Å². The highest BCUT2D eigenvalue weighted by molar-refractivity contribution is 6.09. The van der Waals surface area contributed by atoms with Crippen LogP contribution >= 0.6 is 0 Å². The number of nitrogens with zero attached hydrogens (tertiary/aromatic N) is 8. The van der Waals surface area contributed by atoms with Gasteiger partial charge in [-0.05, 0) is 110 Å². The zero-order valence-electron chi connectivity index (χ0n) is 40.3. The Morgan fingerprint density at radius 2 is 1.04 bits per heavy atom. The van der Waals surface area contributed by atoms with Crippen LogP contribution in [0.3, 0.4) is 0 Å². The number of piperidine rings is 2. The number of fused-ring (bicyclic) bond motifs is 4. The van der Waals surface area contributed by atoms with E-state index in [1.54, 1.807) is 36.5 Å². The molecule has 0 atom stereocenters. The summed E-state index contributed by atoms with van der Waals surface area (Å²) in [7, 11) is 3.76. The van der Waals surface area contributed by atoms with Gasteiger partial charge in [-0.2, -0.15) is 10.2 Å². The molecule has 0 radical (unpaired) electrons. The summed E-state index contributed by atoms with van der Waals surface area (Å²) >= 11 is 0. The lowest BCUT2D eigenvalue weighted by Gasteiger charge is -2.29. The minimum atomic E-state index is -0.289. The number of ketones is 1. The molecule has 6 heterocycles. The predicted octanol–water partition coefficient (Wildman–Crippen LogP) is 7.31. The van der Waals surface area contributed by atoms with Crippen LogP contribution in [0.2, 0.25) is 0 Å². The lowest BCUT2D eigenvalue weighted by molar-refractivity contribution is -0.135. The Labute approximate surface area is 407 Å². The topological polar surface area (TPSA) is 178 Å². The number of benzene rings is 4. The van der Waals surface area contributed by atoms with Gasteiger partial charge in [0.05, 0.1) is 54.3 Å². The number of aliphatic hydroxyl groups is 1. The molecule has 70 heavy (non-hydrogen) atoms. The largest absolute Gasteiger partial charge is 0.393 e. The van der Waals surface area contributed by atoms with Crippen LogP contribution in [-0.4, -0.2) is 96.2 Å². The van der Waals surface area contributed by atoms with E-state index in [-0.39, 0.29) is 35.5 Å². The Hall–Kier alpha value is -7.59. The maximum absolute atomic E-state index is 13.7. The van der Waals surface area contributed by atoms with E-state index in [4.69, 9.17) is 0 Å². The summed E-state index contributed by atoms with van der Waals surface area (Å²) in [4.78, 5) is 71.2. The minimum Gasteiger partial charge on any atom is -0.393 e. The van der Waals surface area contributed by atoms with Crippen LogP contribution in [0.15, 0.2) is 97.3 Å². The molecule has 4 aromatic carbocycles. The van der Waals surface area contributed by atoms with Gasteiger partial charge in [-0.25, -0.2) is 0 Å². The molecule has 16 heteroatoms. The number of carbonyl (C=O) groups excluding carboxylic acids is 5. The molecule has 0 aliphatic carbocycles. The summed E-state index contributed by atoms with van der Waals surface area (Å²) in [5.41, 5.74) is 10.6. The molecule has 2 aromatic heterocycles. The second-order valence-electron chi connectivity index (χ2n) is 18.7. The highest BCUT2D eigenvalue weighted by Gasteiger charge is 2.29. The number of hydrogen-bond donors (Lipinski definition) is 3. The van der Waals surface area contributed by atoms with Crippen LogP contribution in [0.1, 0.15) is 92.6 Å². The van der Waals surface area contributed by atoms with Crippen molar-refractivity contribution in [1.29, 1.82) is 0 Å². The average molecular weight is 945 g/mol. The van der Waals surface area contributed by atoms with Crippen molar-refractivity contribution in [3.05, 3.63) is 142 Å². The SMILES string of the molecule is Cc1cc(C(=O)N2Cc3cnn(C)c3Nc3ccccc32)ccc1CCC(=O)N1CCC(=O)CC1.Cc1cc(C(=O)N2Cc3cnn(C)c3Nc3ccccc32)ccc1CCC(=O)N1CCC(O)CC1. The Morgan fingerprint density at radius 3 is 1.49 bits per heavy atom. The molecule has 0 bridgehead atoms. The average Bonchev–Trinajstić information content (AvgIpc) is 3.76. The van der Waals surface area contributed by atoms with Gasteiger partial charge in [0.15, 0.2) is 0 Å². The Balaban J connectivity index is 0.000000174. The highest BCUT2D eigenvalue weighted by atomic mass is 16.3. The molecule has 2 fully saturated rings. The second-order valence-corrected chi connectivity index (χ2v) is 18.7. The van der Waals surface area contributed by atoms with Gasteiger partial charge in [0.25, 0.3) is 11.8 Å². The first-order valence-corrected chi connectivity index (χ1v) is 24.1. The van der Waals surface area contributed by atoms with E-state index in [9.17, 15) is 29.1 Å². The van der Waals surface area contributed by atoms with E-state index >= 15 is 0 Å². The molecule has 2 saturated heterocycles. The van der Waals surface area contributed by atoms with Gasteiger partial charge in [-0.1, -0.05) is 36.4 Å². The second kappa shape index (κ2) is 20.6. The standard InChI is InChI=1S/C27H31N5O3.C27H29N5O3/c2*1-18-15-20(8-7-19(18)9-10-25(34)31-13-11-22(33)12-14-31)27(35)32-17-21-16-28-30(2)26(21)29-23-5-3-4-6-24(23)32/h3-8,15-16,22,29,33H,9-14,17H2,1-2H3;3-8,15-16,29H,9-14,17H2,1-2H3. The molecule has 4 aliphatic rings. The van der Waals surface area contributed by atoms with E-state index in [0.717, 1.165) is 67.8 Å². The van der Waals surface area contributed by atoms with Crippen LogP contribution in [0.25, 0.3) is 0 Å². The molecule has 362 valence electrons. The van der Waals surface area contributed by atoms with Crippen molar-refractivity contribution in [3.63, 3.8) is 0 Å². The molecule has 3 N–H and O–H groups in total. The minimum absolute atomic E-state index is 0.0754. The number of amides is 4. The van der Waals surface area contributed by atoms with E-state index < -0.39 is 0 Å². The van der Waals surface area contributed by atoms with E-state index in [2.05, 4.69) is 20.8 Å². The summed E-state index contributed by atoms with van der Waals surface area (Å²) in [6, 6.07) is 27.0. The number of para-hydroxylation sites is 4. The highest BCUT2D eigenvalue weighted by Crippen LogP contribution is 2.38. The van der Waals surface area contributed by atoms with Crippen molar-refractivity contribution in [2.24, 2.45) is 14.1 Å². The number of anilines is 6. The molecular weight excluding hydrogens is 885 g/mol. The first-order valence-electron chi connectivity index (χ1n) is 24.1. The van der Waals surface area contributed by atoms with Crippen molar-refractivity contribution in [2.45, 2.75) is 84.4 Å². The Morgan fingerprint density at radius 1 is 0.614 bits per heavy atom. The van der Waals surface area contributed by atoms with Crippen molar-refractivity contribution in [2.75, 3.05) is 46.6 Å². The first kappa shape index (κ1) is 47.5. The van der Waals surface area contributed by atoms with Crippen LogP contribution in [0.5, 0.6) is 0 Å². The Kier molecular flexibility index (Phi) is 13.9. The molecule has 4 aliphatic heterocycles. The third-order valence-corrected chi connectivity index (χ3v) is 14.0. The van der Waals surface area contributed by atoms with E-state index in [1.807, 2.05) is 118 Å². The number of Topliss-reactive ketones (excluding diaryl/α,β-unsaturated/α-hetero) is 1. The van der Waals surface area contributed by atoms with Crippen molar-refractivity contribution < 1.29 is 29.1 Å². The van der Waals surface area contributed by atoms with Crippen molar-refractivity contribution in [3.8, 4) is 0 Å². The fraction of sp³-hybridized carbons (Fsp3) is 0.352. The summed E-state index contributed by atoms with van der Waals surface area (Å²) in [5, 5.41) is 25.2. The van der Waals surface area contributed by atoms with Gasteiger partial charge in [0, 0.05) is 88.2 Å². The number of aryl methyl sites for hydroxylation is 6. The number of nitrogens with one attached hydrogen (secondary N) is 2. The molecular formula is C54H60N10O6. The summed E-state index contributed by atoms with van der Waals surface area (Å²) < 4.78 is 3.56. The monoisotopic (exact) mass is 944 g/mol. The third kappa shape index (κ3) is 10.2. The molecule has 0 saturated carbocycles. The quantitative estimate of drug-likeness (QED) is 0.140. The number of likely N-dealkylation sites (tertiary alicyclic amines) is 2. The number of hydrogen-bond acceptors (Lipinski definition) is 10. The molecule has 4 amide bonds. The van der Waals surface area contributed by atoms with E-state index in [0.29, 0.717) is 102 Å². The van der Waals surface area contributed by atoms with Gasteiger partial charge < -0.3 is 35.3 Å². The number of rotatable bonds is 8. The fourth-order valence-corrected chi connectivity index (χ4v) is 9.73. The zero-order valence-corrected chi connectivity index (χ0v) is 40.3. The smallest absolute Gasteiger partial charge is 0.258 e. The van der Waals surface area contributed by atoms with Gasteiger partial charge >= 0.3 is 0 Å². The van der Waals surface area contributed by atoms with Gasteiger partial charge in [0.1, 0.15) is 17.4 Å². The summed E-state index contributed by atoms with van der Waals surface area (Å²) in [6.07, 6.45) is 7.58. The lowest BCUT2D eigenvalue weighted by atomic mass is 9.99.